The molecule has 1 unspecified atom stereocenters. The van der Waals surface area contributed by atoms with Gasteiger partial charge >= 0.3 is 0 Å². The van der Waals surface area contributed by atoms with Crippen LogP contribution in [0.15, 0.2) is 47.5 Å². The summed E-state index contributed by atoms with van der Waals surface area (Å²) in [6.07, 6.45) is 0.877. The van der Waals surface area contributed by atoms with Gasteiger partial charge in [0.2, 0.25) is 0 Å². The molecule has 0 fully saturated rings. The lowest BCUT2D eigenvalue weighted by atomic mass is 10.1. The van der Waals surface area contributed by atoms with Gasteiger partial charge in [-0.1, -0.05) is 18.2 Å². The van der Waals surface area contributed by atoms with Crippen molar-refractivity contribution in [2.45, 2.75) is 12.5 Å². The molecule has 6 nitrogen and oxygen atoms in total. The first-order valence-electron chi connectivity index (χ1n) is 8.01. The van der Waals surface area contributed by atoms with Crippen LogP contribution in [0.4, 0.5) is 5.69 Å². The van der Waals surface area contributed by atoms with Crippen LogP contribution in [0.5, 0.6) is 17.2 Å². The van der Waals surface area contributed by atoms with Gasteiger partial charge in [0, 0.05) is 23.7 Å². The first-order chi connectivity index (χ1) is 11.8. The molecule has 0 bridgehead atoms. The fourth-order valence-corrected chi connectivity index (χ4v) is 2.84. The highest BCUT2D eigenvalue weighted by Gasteiger charge is 2.23. The number of ether oxygens (including phenoxy) is 3. The average molecular weight is 325 g/mol. The lowest BCUT2D eigenvalue weighted by Gasteiger charge is -2.11. The molecular formula is C18H19N3O3. The van der Waals surface area contributed by atoms with Crippen LogP contribution in [0.3, 0.4) is 0 Å². The number of aliphatic imine (C=N–C) groups is 1. The number of guanidine groups is 1. The number of para-hydroxylation sites is 1. The molecule has 0 aromatic heterocycles. The highest BCUT2D eigenvalue weighted by atomic mass is 16.5. The zero-order valence-electron chi connectivity index (χ0n) is 13.2. The number of fused-ring (bicyclic) bond motifs is 2. The van der Waals surface area contributed by atoms with Gasteiger partial charge in [0.25, 0.3) is 0 Å². The largest absolute Gasteiger partial charge is 0.491 e. The maximum Gasteiger partial charge on any atom is 0.193 e. The standard InChI is InChI=1S/C18H19N3O3/c19-18(21-14-11-24-15-5-2-1-4-13(14)15)20-12-6-7-16-17(10-12)23-9-3-8-22-16/h1-2,4-7,10,14H,3,8-9,11H2,(H3,19,20,21). The minimum atomic E-state index is -0.0888. The molecular weight excluding hydrogens is 306 g/mol. The first-order valence-corrected chi connectivity index (χ1v) is 8.01. The van der Waals surface area contributed by atoms with E-state index in [1.165, 1.54) is 0 Å². The Kier molecular flexibility index (Phi) is 3.86. The Morgan fingerprint density at radius 1 is 1.00 bits per heavy atom. The van der Waals surface area contributed by atoms with Crippen LogP contribution in [-0.4, -0.2) is 25.8 Å². The van der Waals surface area contributed by atoms with Crippen molar-refractivity contribution in [2.75, 3.05) is 25.1 Å². The SMILES string of the molecule is NC(=NC1COc2ccccc21)Nc1ccc2c(c1)OCCCO2. The molecule has 3 N–H and O–H groups in total. The molecule has 0 saturated carbocycles. The monoisotopic (exact) mass is 325 g/mol. The molecule has 2 aromatic rings. The van der Waals surface area contributed by atoms with Gasteiger partial charge in [-0.15, -0.1) is 0 Å². The number of anilines is 1. The van der Waals surface area contributed by atoms with Crippen LogP contribution in [0.2, 0.25) is 0 Å². The van der Waals surface area contributed by atoms with Crippen molar-refractivity contribution in [3.05, 3.63) is 48.0 Å². The minimum Gasteiger partial charge on any atom is -0.491 e. The molecule has 0 spiro atoms. The Morgan fingerprint density at radius 3 is 2.75 bits per heavy atom. The molecule has 2 aliphatic rings. The summed E-state index contributed by atoms with van der Waals surface area (Å²) in [5, 5.41) is 3.11. The normalized spacial score (nSPS) is 19.2. The highest BCUT2D eigenvalue weighted by molar-refractivity contribution is 5.92. The van der Waals surface area contributed by atoms with E-state index in [-0.39, 0.29) is 6.04 Å². The van der Waals surface area contributed by atoms with Crippen molar-refractivity contribution < 1.29 is 14.2 Å². The highest BCUT2D eigenvalue weighted by Crippen LogP contribution is 2.35. The molecule has 1 atom stereocenters. The Hall–Kier alpha value is -2.89. The van der Waals surface area contributed by atoms with E-state index >= 15 is 0 Å². The molecule has 0 amide bonds. The van der Waals surface area contributed by atoms with Crippen LogP contribution >= 0.6 is 0 Å². The van der Waals surface area contributed by atoms with Gasteiger partial charge < -0.3 is 25.3 Å². The van der Waals surface area contributed by atoms with Gasteiger partial charge in [0.15, 0.2) is 17.5 Å². The summed E-state index contributed by atoms with van der Waals surface area (Å²) in [6.45, 7) is 1.82. The summed E-state index contributed by atoms with van der Waals surface area (Å²) in [5.74, 6) is 2.69. The fourth-order valence-electron chi connectivity index (χ4n) is 2.84. The van der Waals surface area contributed by atoms with Crippen molar-refractivity contribution >= 4 is 11.6 Å². The first kappa shape index (κ1) is 14.7. The number of benzene rings is 2. The number of hydrogen-bond donors (Lipinski definition) is 2. The van der Waals surface area contributed by atoms with E-state index in [2.05, 4.69) is 10.3 Å². The molecule has 0 aliphatic carbocycles. The molecule has 6 heteroatoms. The Balaban J connectivity index is 1.50. The van der Waals surface area contributed by atoms with Crippen LogP contribution in [-0.2, 0) is 0 Å². The molecule has 0 radical (unpaired) electrons. The second-order valence-electron chi connectivity index (χ2n) is 5.72. The molecule has 24 heavy (non-hydrogen) atoms. The Bertz CT molecular complexity index is 776. The van der Waals surface area contributed by atoms with Gasteiger partial charge in [-0.25, -0.2) is 4.99 Å². The van der Waals surface area contributed by atoms with E-state index in [1.54, 1.807) is 0 Å². The van der Waals surface area contributed by atoms with Crippen LogP contribution in [0.1, 0.15) is 18.0 Å². The van der Waals surface area contributed by atoms with Crippen LogP contribution in [0.25, 0.3) is 0 Å². The van der Waals surface area contributed by atoms with E-state index in [9.17, 15) is 0 Å². The van der Waals surface area contributed by atoms with E-state index in [1.807, 2.05) is 42.5 Å². The van der Waals surface area contributed by atoms with Crippen molar-refractivity contribution in [3.63, 3.8) is 0 Å². The van der Waals surface area contributed by atoms with E-state index < -0.39 is 0 Å². The van der Waals surface area contributed by atoms with Gasteiger partial charge in [0.05, 0.1) is 13.2 Å². The number of rotatable bonds is 2. The Morgan fingerprint density at radius 2 is 1.83 bits per heavy atom. The lowest BCUT2D eigenvalue weighted by Crippen LogP contribution is -2.23. The zero-order chi connectivity index (χ0) is 16.4. The van der Waals surface area contributed by atoms with Gasteiger partial charge in [0.1, 0.15) is 18.4 Å². The van der Waals surface area contributed by atoms with Crippen molar-refractivity contribution in [3.8, 4) is 17.2 Å². The quantitative estimate of drug-likeness (QED) is 0.656. The zero-order valence-corrected chi connectivity index (χ0v) is 13.2. The predicted octanol–water partition coefficient (Wildman–Crippen LogP) is 2.71. The van der Waals surface area contributed by atoms with Gasteiger partial charge in [-0.05, 0) is 18.2 Å². The molecule has 4 rings (SSSR count). The summed E-state index contributed by atoms with van der Waals surface area (Å²) < 4.78 is 16.9. The molecule has 2 aliphatic heterocycles. The van der Waals surface area contributed by atoms with E-state index in [0.29, 0.717) is 25.8 Å². The fraction of sp³-hybridized carbons (Fsp3) is 0.278. The smallest absolute Gasteiger partial charge is 0.193 e. The summed E-state index contributed by atoms with van der Waals surface area (Å²) >= 11 is 0. The second-order valence-corrected chi connectivity index (χ2v) is 5.72. The molecule has 124 valence electrons. The number of nitrogens with two attached hydrogens (primary N) is 1. The number of nitrogens with one attached hydrogen (secondary N) is 1. The summed E-state index contributed by atoms with van der Waals surface area (Å²) in [4.78, 5) is 4.53. The summed E-state index contributed by atoms with van der Waals surface area (Å²) in [6, 6.07) is 13.4. The third-order valence-corrected chi connectivity index (χ3v) is 3.99. The number of hydrogen-bond acceptors (Lipinski definition) is 4. The second kappa shape index (κ2) is 6.31. The van der Waals surface area contributed by atoms with E-state index in [4.69, 9.17) is 19.9 Å². The summed E-state index contributed by atoms with van der Waals surface area (Å²) in [7, 11) is 0. The topological polar surface area (TPSA) is 78.1 Å². The number of nitrogens with zero attached hydrogens (tertiary/aromatic N) is 1. The van der Waals surface area contributed by atoms with Crippen molar-refractivity contribution in [1.29, 1.82) is 0 Å². The van der Waals surface area contributed by atoms with E-state index in [0.717, 1.165) is 34.9 Å². The molecule has 2 heterocycles. The lowest BCUT2D eigenvalue weighted by molar-refractivity contribution is 0.297. The van der Waals surface area contributed by atoms with Crippen molar-refractivity contribution in [1.82, 2.24) is 0 Å². The third kappa shape index (κ3) is 2.95. The van der Waals surface area contributed by atoms with Crippen LogP contribution in [0, 0.1) is 0 Å². The van der Waals surface area contributed by atoms with Gasteiger partial charge in [-0.2, -0.15) is 0 Å². The van der Waals surface area contributed by atoms with Crippen LogP contribution < -0.4 is 25.3 Å². The average Bonchev–Trinajstić information content (AvgIpc) is 2.84. The maximum absolute atomic E-state index is 6.06. The maximum atomic E-state index is 6.06. The van der Waals surface area contributed by atoms with Gasteiger partial charge in [-0.3, -0.25) is 0 Å². The third-order valence-electron chi connectivity index (χ3n) is 3.99. The Labute approximate surface area is 140 Å². The van der Waals surface area contributed by atoms with Crippen molar-refractivity contribution in [2.24, 2.45) is 10.7 Å². The predicted molar refractivity (Wildman–Crippen MR) is 92.0 cm³/mol. The molecule has 2 aromatic carbocycles. The minimum absolute atomic E-state index is 0.0888. The summed E-state index contributed by atoms with van der Waals surface area (Å²) in [5.41, 5.74) is 7.93. The molecule has 0 saturated heterocycles.